The summed E-state index contributed by atoms with van der Waals surface area (Å²) in [5.74, 6) is -1.18. The average molecular weight is 233 g/mol. The van der Waals surface area contributed by atoms with Crippen molar-refractivity contribution < 1.29 is 9.90 Å². The molecular weight excluding hydrogens is 218 g/mol. The van der Waals surface area contributed by atoms with E-state index < -0.39 is 5.97 Å². The maximum absolute atomic E-state index is 11.1. The SMILES string of the molecule is CC(C#N)CN(C)c1cc(N)ccc1C(=O)O. The monoisotopic (exact) mass is 233 g/mol. The highest BCUT2D eigenvalue weighted by Crippen LogP contribution is 2.23. The molecule has 17 heavy (non-hydrogen) atoms. The van der Waals surface area contributed by atoms with Crippen molar-refractivity contribution in [3.63, 3.8) is 0 Å². The van der Waals surface area contributed by atoms with Gasteiger partial charge in [0.25, 0.3) is 0 Å². The Balaban J connectivity index is 3.07. The van der Waals surface area contributed by atoms with E-state index >= 15 is 0 Å². The van der Waals surface area contributed by atoms with Gasteiger partial charge in [-0.2, -0.15) is 5.26 Å². The molecule has 0 spiro atoms. The Kier molecular flexibility index (Phi) is 3.94. The number of nitrogens with zero attached hydrogens (tertiary/aromatic N) is 2. The summed E-state index contributed by atoms with van der Waals surface area (Å²) in [5.41, 5.74) is 6.86. The van der Waals surface area contributed by atoms with Crippen LogP contribution in [0, 0.1) is 17.2 Å². The van der Waals surface area contributed by atoms with Crippen molar-refractivity contribution in [3.8, 4) is 6.07 Å². The van der Waals surface area contributed by atoms with E-state index in [4.69, 9.17) is 16.1 Å². The molecule has 0 aliphatic heterocycles. The molecule has 90 valence electrons. The lowest BCUT2D eigenvalue weighted by Crippen LogP contribution is -2.25. The molecule has 5 nitrogen and oxygen atoms in total. The van der Waals surface area contributed by atoms with Gasteiger partial charge >= 0.3 is 5.97 Å². The summed E-state index contributed by atoms with van der Waals surface area (Å²) in [6, 6.07) is 6.74. The normalized spacial score (nSPS) is 11.6. The molecule has 0 aliphatic carbocycles. The minimum Gasteiger partial charge on any atom is -0.478 e. The number of rotatable bonds is 4. The van der Waals surface area contributed by atoms with Crippen LogP contribution in [0.15, 0.2) is 18.2 Å². The lowest BCUT2D eigenvalue weighted by Gasteiger charge is -2.22. The Labute approximate surface area is 100 Å². The van der Waals surface area contributed by atoms with E-state index in [0.29, 0.717) is 17.9 Å². The topological polar surface area (TPSA) is 90.4 Å². The Morgan fingerprint density at radius 3 is 2.82 bits per heavy atom. The third-order valence-corrected chi connectivity index (χ3v) is 2.43. The lowest BCUT2D eigenvalue weighted by molar-refractivity contribution is 0.0697. The smallest absolute Gasteiger partial charge is 0.337 e. The van der Waals surface area contributed by atoms with Gasteiger partial charge in [0.05, 0.1) is 23.2 Å². The maximum atomic E-state index is 11.1. The first-order valence-corrected chi connectivity index (χ1v) is 5.19. The average Bonchev–Trinajstić information content (AvgIpc) is 2.28. The molecule has 1 unspecified atom stereocenters. The number of nitriles is 1. The van der Waals surface area contributed by atoms with Crippen LogP contribution in [-0.4, -0.2) is 24.7 Å². The highest BCUT2D eigenvalue weighted by molar-refractivity contribution is 5.95. The maximum Gasteiger partial charge on any atom is 0.337 e. The zero-order chi connectivity index (χ0) is 13.0. The van der Waals surface area contributed by atoms with E-state index in [-0.39, 0.29) is 11.5 Å². The fraction of sp³-hybridized carbons (Fsp3) is 0.333. The first kappa shape index (κ1) is 12.8. The second-order valence-electron chi connectivity index (χ2n) is 3.99. The molecular formula is C12H15N3O2. The Morgan fingerprint density at radius 1 is 1.65 bits per heavy atom. The van der Waals surface area contributed by atoms with E-state index in [1.165, 1.54) is 6.07 Å². The largest absolute Gasteiger partial charge is 0.478 e. The van der Waals surface area contributed by atoms with E-state index in [9.17, 15) is 4.79 Å². The molecule has 1 aromatic rings. The predicted molar refractivity (Wildman–Crippen MR) is 65.9 cm³/mol. The molecule has 0 saturated heterocycles. The van der Waals surface area contributed by atoms with E-state index in [1.807, 2.05) is 0 Å². The molecule has 1 rings (SSSR count). The number of anilines is 2. The zero-order valence-corrected chi connectivity index (χ0v) is 9.84. The Bertz CT molecular complexity index is 465. The van der Waals surface area contributed by atoms with E-state index in [0.717, 1.165) is 0 Å². The standard InChI is InChI=1S/C12H15N3O2/c1-8(6-13)7-15(2)11-5-9(14)3-4-10(11)12(16)17/h3-5,8H,7,14H2,1-2H3,(H,16,17). The van der Waals surface area contributed by atoms with E-state index in [1.54, 1.807) is 31.0 Å². The highest BCUT2D eigenvalue weighted by atomic mass is 16.4. The second-order valence-corrected chi connectivity index (χ2v) is 3.99. The number of carbonyl (C=O) groups is 1. The van der Waals surface area contributed by atoms with E-state index in [2.05, 4.69) is 6.07 Å². The van der Waals surface area contributed by atoms with Crippen molar-refractivity contribution in [2.24, 2.45) is 5.92 Å². The summed E-state index contributed by atoms with van der Waals surface area (Å²) < 4.78 is 0. The summed E-state index contributed by atoms with van der Waals surface area (Å²) in [7, 11) is 1.75. The van der Waals surface area contributed by atoms with Gasteiger partial charge in [-0.1, -0.05) is 0 Å². The van der Waals surface area contributed by atoms with Crippen LogP contribution < -0.4 is 10.6 Å². The highest BCUT2D eigenvalue weighted by Gasteiger charge is 2.15. The van der Waals surface area contributed by atoms with Crippen LogP contribution in [0.3, 0.4) is 0 Å². The molecule has 0 amide bonds. The quantitative estimate of drug-likeness (QED) is 0.770. The van der Waals surface area contributed by atoms with Crippen LogP contribution in [0.25, 0.3) is 0 Å². The molecule has 0 saturated carbocycles. The molecule has 3 N–H and O–H groups in total. The second kappa shape index (κ2) is 5.21. The van der Waals surface area contributed by atoms with Gasteiger partial charge < -0.3 is 15.7 Å². The lowest BCUT2D eigenvalue weighted by atomic mass is 10.1. The summed E-state index contributed by atoms with van der Waals surface area (Å²) in [6.45, 7) is 2.24. The molecule has 0 aromatic heterocycles. The van der Waals surface area contributed by atoms with Gasteiger partial charge in [0.2, 0.25) is 0 Å². The van der Waals surface area contributed by atoms with Crippen molar-refractivity contribution >= 4 is 17.3 Å². The van der Waals surface area contributed by atoms with Gasteiger partial charge in [0.1, 0.15) is 0 Å². The van der Waals surface area contributed by atoms with Crippen molar-refractivity contribution in [1.29, 1.82) is 5.26 Å². The summed E-state index contributed by atoms with van der Waals surface area (Å²) >= 11 is 0. The van der Waals surface area contributed by atoms with Gasteiger partial charge in [-0.05, 0) is 25.1 Å². The Morgan fingerprint density at radius 2 is 2.29 bits per heavy atom. The number of hydrogen-bond acceptors (Lipinski definition) is 4. The van der Waals surface area contributed by atoms with Gasteiger partial charge in [0, 0.05) is 19.3 Å². The van der Waals surface area contributed by atoms with Crippen LogP contribution >= 0.6 is 0 Å². The fourth-order valence-electron chi connectivity index (χ4n) is 1.60. The molecule has 0 aliphatic rings. The molecule has 0 radical (unpaired) electrons. The number of hydrogen-bond donors (Lipinski definition) is 2. The minimum atomic E-state index is -1.00. The zero-order valence-electron chi connectivity index (χ0n) is 9.84. The first-order chi connectivity index (χ1) is 7.95. The number of carboxylic acid groups (broad SMARTS) is 1. The molecule has 1 atom stereocenters. The number of nitrogen functional groups attached to an aromatic ring is 1. The van der Waals surface area contributed by atoms with Gasteiger partial charge in [-0.15, -0.1) is 0 Å². The summed E-state index contributed by atoms with van der Waals surface area (Å²) in [5, 5.41) is 17.8. The Hall–Kier alpha value is -2.22. The van der Waals surface area contributed by atoms with Crippen LogP contribution in [0.1, 0.15) is 17.3 Å². The number of benzene rings is 1. The first-order valence-electron chi connectivity index (χ1n) is 5.19. The van der Waals surface area contributed by atoms with Crippen LogP contribution in [0.5, 0.6) is 0 Å². The fourth-order valence-corrected chi connectivity index (χ4v) is 1.60. The number of aromatic carboxylic acids is 1. The molecule has 0 fully saturated rings. The molecule has 0 heterocycles. The number of nitrogens with two attached hydrogens (primary N) is 1. The minimum absolute atomic E-state index is 0.178. The molecule has 0 bridgehead atoms. The van der Waals surface area contributed by atoms with Gasteiger partial charge in [-0.3, -0.25) is 0 Å². The molecule has 1 aromatic carbocycles. The van der Waals surface area contributed by atoms with Crippen LogP contribution in [0.2, 0.25) is 0 Å². The molecule has 5 heteroatoms. The van der Waals surface area contributed by atoms with Crippen molar-refractivity contribution in [2.45, 2.75) is 6.92 Å². The third kappa shape index (κ3) is 3.11. The van der Waals surface area contributed by atoms with Crippen molar-refractivity contribution in [1.82, 2.24) is 0 Å². The van der Waals surface area contributed by atoms with Crippen LogP contribution in [0.4, 0.5) is 11.4 Å². The van der Waals surface area contributed by atoms with Crippen LogP contribution in [-0.2, 0) is 0 Å². The summed E-state index contributed by atoms with van der Waals surface area (Å²) in [4.78, 5) is 12.8. The number of carboxylic acids is 1. The summed E-state index contributed by atoms with van der Waals surface area (Å²) in [6.07, 6.45) is 0. The predicted octanol–water partition coefficient (Wildman–Crippen LogP) is 1.56. The van der Waals surface area contributed by atoms with Crippen molar-refractivity contribution in [3.05, 3.63) is 23.8 Å². The van der Waals surface area contributed by atoms with Crippen molar-refractivity contribution in [2.75, 3.05) is 24.2 Å². The van der Waals surface area contributed by atoms with Gasteiger partial charge in [0.15, 0.2) is 0 Å². The third-order valence-electron chi connectivity index (χ3n) is 2.43. The van der Waals surface area contributed by atoms with Gasteiger partial charge in [-0.25, -0.2) is 4.79 Å².